The molecule has 0 bridgehead atoms. The van der Waals surface area contributed by atoms with Crippen LogP contribution < -0.4 is 0 Å². The summed E-state index contributed by atoms with van der Waals surface area (Å²) in [5.74, 6) is 0. The van der Waals surface area contributed by atoms with Crippen molar-refractivity contribution >= 4 is 15.9 Å². The van der Waals surface area contributed by atoms with E-state index < -0.39 is 5.60 Å². The van der Waals surface area contributed by atoms with Crippen LogP contribution in [-0.2, 0) is 6.54 Å². The lowest BCUT2D eigenvalue weighted by Crippen LogP contribution is -2.59. The average molecular weight is 257 g/mol. The molecule has 14 heavy (non-hydrogen) atoms. The molecular formula is C10H13BrN2O. The number of β-amino-alcohol motifs (C(OH)–C–C–N with tert-alkyl or cyclic N) is 1. The van der Waals surface area contributed by atoms with Gasteiger partial charge < -0.3 is 5.11 Å². The van der Waals surface area contributed by atoms with Gasteiger partial charge in [-0.2, -0.15) is 0 Å². The fourth-order valence-electron chi connectivity index (χ4n) is 1.83. The molecule has 0 unspecified atom stereocenters. The largest absolute Gasteiger partial charge is 0.388 e. The van der Waals surface area contributed by atoms with E-state index in [0.717, 1.165) is 24.2 Å². The minimum atomic E-state index is -0.482. The third-order valence-corrected chi connectivity index (χ3v) is 2.76. The van der Waals surface area contributed by atoms with Crippen LogP contribution in [0.25, 0.3) is 0 Å². The highest BCUT2D eigenvalue weighted by Crippen LogP contribution is 2.22. The molecule has 1 aliphatic rings. The van der Waals surface area contributed by atoms with Gasteiger partial charge >= 0.3 is 0 Å². The van der Waals surface area contributed by atoms with Crippen LogP contribution in [0.4, 0.5) is 0 Å². The van der Waals surface area contributed by atoms with Crippen molar-refractivity contribution in [1.82, 2.24) is 9.88 Å². The van der Waals surface area contributed by atoms with Crippen molar-refractivity contribution in [1.29, 1.82) is 0 Å². The summed E-state index contributed by atoms with van der Waals surface area (Å²) < 4.78 is 0.863. The molecule has 1 aliphatic heterocycles. The van der Waals surface area contributed by atoms with Gasteiger partial charge in [-0.15, -0.1) is 0 Å². The molecule has 0 amide bonds. The smallest absolute Gasteiger partial charge is 0.106 e. The Balaban J connectivity index is 1.93. The van der Waals surface area contributed by atoms with Gasteiger partial charge in [0, 0.05) is 25.8 Å². The van der Waals surface area contributed by atoms with Crippen LogP contribution in [0.3, 0.4) is 0 Å². The normalized spacial score (nSPS) is 20.5. The zero-order valence-electron chi connectivity index (χ0n) is 8.07. The Morgan fingerprint density at radius 3 is 2.93 bits per heavy atom. The number of likely N-dealkylation sites (tertiary alicyclic amines) is 1. The molecular weight excluding hydrogens is 244 g/mol. The van der Waals surface area contributed by atoms with E-state index >= 15 is 0 Å². The third kappa shape index (κ3) is 2.32. The van der Waals surface area contributed by atoms with Crippen molar-refractivity contribution in [2.45, 2.75) is 19.1 Å². The molecule has 1 aromatic rings. The Labute approximate surface area is 91.9 Å². The van der Waals surface area contributed by atoms with Crippen molar-refractivity contribution in [2.75, 3.05) is 13.1 Å². The molecule has 2 heterocycles. The van der Waals surface area contributed by atoms with Crippen molar-refractivity contribution in [3.8, 4) is 0 Å². The molecule has 0 aromatic carbocycles. The quantitative estimate of drug-likeness (QED) is 0.814. The molecule has 76 valence electrons. The fraction of sp³-hybridized carbons (Fsp3) is 0.500. The molecule has 0 aliphatic carbocycles. The highest BCUT2D eigenvalue weighted by molar-refractivity contribution is 9.10. The summed E-state index contributed by atoms with van der Waals surface area (Å²) in [7, 11) is 0. The lowest BCUT2D eigenvalue weighted by atomic mass is 9.96. The van der Waals surface area contributed by atoms with Gasteiger partial charge in [-0.25, -0.2) is 4.98 Å². The SMILES string of the molecule is CC1(O)CN(Cc2ccnc(Br)c2)C1. The van der Waals surface area contributed by atoms with Crippen molar-refractivity contribution in [3.05, 3.63) is 28.5 Å². The second kappa shape index (κ2) is 3.61. The van der Waals surface area contributed by atoms with Gasteiger partial charge in [0.2, 0.25) is 0 Å². The zero-order chi connectivity index (χ0) is 10.2. The first kappa shape index (κ1) is 10.1. The van der Waals surface area contributed by atoms with Crippen LogP contribution in [-0.4, -0.2) is 33.7 Å². The Morgan fingerprint density at radius 2 is 2.36 bits per heavy atom. The van der Waals surface area contributed by atoms with E-state index in [2.05, 4.69) is 25.8 Å². The minimum Gasteiger partial charge on any atom is -0.388 e. The van der Waals surface area contributed by atoms with Gasteiger partial charge in [0.05, 0.1) is 5.60 Å². The van der Waals surface area contributed by atoms with Crippen LogP contribution in [0.15, 0.2) is 22.9 Å². The van der Waals surface area contributed by atoms with Gasteiger partial charge in [0.25, 0.3) is 0 Å². The Hall–Kier alpha value is -0.450. The second-order valence-corrected chi connectivity index (χ2v) is 4.94. The molecule has 3 nitrogen and oxygen atoms in total. The number of halogens is 1. The Morgan fingerprint density at radius 1 is 1.64 bits per heavy atom. The number of nitrogens with zero attached hydrogens (tertiary/aromatic N) is 2. The Bertz CT molecular complexity index is 333. The van der Waals surface area contributed by atoms with Crippen LogP contribution in [0.1, 0.15) is 12.5 Å². The summed E-state index contributed by atoms with van der Waals surface area (Å²) in [5, 5.41) is 9.55. The van der Waals surface area contributed by atoms with Crippen molar-refractivity contribution in [3.63, 3.8) is 0 Å². The maximum Gasteiger partial charge on any atom is 0.106 e. The monoisotopic (exact) mass is 256 g/mol. The predicted octanol–water partition coefficient (Wildman–Crippen LogP) is 1.41. The lowest BCUT2D eigenvalue weighted by molar-refractivity contribution is -0.0871. The molecule has 2 rings (SSSR count). The lowest BCUT2D eigenvalue weighted by Gasteiger charge is -2.44. The van der Waals surface area contributed by atoms with Gasteiger partial charge in [0.1, 0.15) is 4.60 Å². The summed E-state index contributed by atoms with van der Waals surface area (Å²) in [5.41, 5.74) is 0.743. The zero-order valence-corrected chi connectivity index (χ0v) is 9.66. The number of hydrogen-bond acceptors (Lipinski definition) is 3. The van der Waals surface area contributed by atoms with E-state index in [1.165, 1.54) is 5.56 Å². The van der Waals surface area contributed by atoms with E-state index in [-0.39, 0.29) is 0 Å². The average Bonchev–Trinajstić information content (AvgIpc) is 2.00. The highest BCUT2D eigenvalue weighted by atomic mass is 79.9. The predicted molar refractivity (Wildman–Crippen MR) is 57.8 cm³/mol. The minimum absolute atomic E-state index is 0.482. The topological polar surface area (TPSA) is 36.4 Å². The molecule has 0 saturated carbocycles. The van der Waals surface area contributed by atoms with Gasteiger partial charge in [0.15, 0.2) is 0 Å². The highest BCUT2D eigenvalue weighted by Gasteiger charge is 2.35. The first-order valence-electron chi connectivity index (χ1n) is 4.60. The summed E-state index contributed by atoms with van der Waals surface area (Å²) in [4.78, 5) is 6.28. The maximum atomic E-state index is 9.55. The molecule has 4 heteroatoms. The summed E-state index contributed by atoms with van der Waals surface area (Å²) in [6.45, 7) is 4.27. The number of aromatic nitrogens is 1. The van der Waals surface area contributed by atoms with E-state index in [9.17, 15) is 5.11 Å². The fourth-order valence-corrected chi connectivity index (χ4v) is 2.24. The Kier molecular flexibility index (Phi) is 2.60. The molecule has 1 saturated heterocycles. The van der Waals surface area contributed by atoms with Gasteiger partial charge in [-0.1, -0.05) is 0 Å². The van der Waals surface area contributed by atoms with Crippen LogP contribution >= 0.6 is 15.9 Å². The molecule has 0 spiro atoms. The van der Waals surface area contributed by atoms with Crippen LogP contribution in [0, 0.1) is 0 Å². The molecule has 1 aromatic heterocycles. The van der Waals surface area contributed by atoms with E-state index in [1.807, 2.05) is 19.1 Å². The van der Waals surface area contributed by atoms with Gasteiger partial charge in [-0.05, 0) is 40.5 Å². The summed E-state index contributed by atoms with van der Waals surface area (Å²) in [6, 6.07) is 4.00. The number of hydrogen-bond donors (Lipinski definition) is 1. The first-order chi connectivity index (χ1) is 6.55. The van der Waals surface area contributed by atoms with Crippen molar-refractivity contribution < 1.29 is 5.11 Å². The molecule has 0 radical (unpaired) electrons. The third-order valence-electron chi connectivity index (χ3n) is 2.33. The maximum absolute atomic E-state index is 9.55. The summed E-state index contributed by atoms with van der Waals surface area (Å²) in [6.07, 6.45) is 1.79. The number of aliphatic hydroxyl groups is 1. The molecule has 0 atom stereocenters. The van der Waals surface area contributed by atoms with E-state index in [0.29, 0.717) is 0 Å². The van der Waals surface area contributed by atoms with Crippen LogP contribution in [0.2, 0.25) is 0 Å². The number of pyridine rings is 1. The van der Waals surface area contributed by atoms with E-state index in [1.54, 1.807) is 6.20 Å². The standard InChI is InChI=1S/C10H13BrN2O/c1-10(14)6-13(7-10)5-8-2-3-12-9(11)4-8/h2-4,14H,5-7H2,1H3. The van der Waals surface area contributed by atoms with Crippen LogP contribution in [0.5, 0.6) is 0 Å². The number of rotatable bonds is 2. The summed E-state index contributed by atoms with van der Waals surface area (Å²) >= 11 is 3.34. The second-order valence-electron chi connectivity index (χ2n) is 4.13. The molecule has 1 N–H and O–H groups in total. The molecule has 1 fully saturated rings. The van der Waals surface area contributed by atoms with Crippen molar-refractivity contribution in [2.24, 2.45) is 0 Å². The van der Waals surface area contributed by atoms with Gasteiger partial charge in [-0.3, -0.25) is 4.90 Å². The van der Waals surface area contributed by atoms with E-state index in [4.69, 9.17) is 0 Å². The first-order valence-corrected chi connectivity index (χ1v) is 5.40.